The highest BCUT2D eigenvalue weighted by molar-refractivity contribution is 5.52. The van der Waals surface area contributed by atoms with Gasteiger partial charge in [0.05, 0.1) is 23.8 Å². The zero-order valence-corrected chi connectivity index (χ0v) is 27.4. The van der Waals surface area contributed by atoms with Crippen LogP contribution >= 0.6 is 0 Å². The summed E-state index contributed by atoms with van der Waals surface area (Å²) in [6, 6.07) is 34.4. The van der Waals surface area contributed by atoms with E-state index in [4.69, 9.17) is 41.9 Å². The third-order valence-corrected chi connectivity index (χ3v) is 8.60. The molecule has 0 amide bonds. The van der Waals surface area contributed by atoms with Gasteiger partial charge in [-0.2, -0.15) is 0 Å². The molecule has 6 aromatic rings. The summed E-state index contributed by atoms with van der Waals surface area (Å²) < 4.78 is 23.9. The number of rotatable bonds is 6. The predicted molar refractivity (Wildman–Crippen MR) is 195 cm³/mol. The van der Waals surface area contributed by atoms with Gasteiger partial charge >= 0.3 is 0 Å². The van der Waals surface area contributed by atoms with E-state index in [0.29, 0.717) is 23.1 Å². The van der Waals surface area contributed by atoms with Gasteiger partial charge in [-0.25, -0.2) is 9.97 Å². The van der Waals surface area contributed by atoms with Crippen LogP contribution in [0.4, 0.5) is 22.7 Å². The minimum absolute atomic E-state index is 0.0146. The van der Waals surface area contributed by atoms with Gasteiger partial charge in [0.2, 0.25) is 11.8 Å². The maximum atomic E-state index is 6.15. The lowest BCUT2D eigenvalue weighted by atomic mass is 9.96. The fourth-order valence-electron chi connectivity index (χ4n) is 6.05. The molecule has 10 nitrogen and oxygen atoms in total. The lowest BCUT2D eigenvalue weighted by molar-refractivity contribution is 0.177. The van der Waals surface area contributed by atoms with Gasteiger partial charge in [-0.15, -0.1) is 0 Å². The number of para-hydroxylation sites is 2. The van der Waals surface area contributed by atoms with Crippen molar-refractivity contribution in [3.05, 3.63) is 144 Å². The Bertz CT molecular complexity index is 1940. The van der Waals surface area contributed by atoms with E-state index in [-0.39, 0.29) is 12.2 Å². The van der Waals surface area contributed by atoms with Gasteiger partial charge in [0, 0.05) is 34.6 Å². The molecule has 0 saturated carbocycles. The molecule has 4 heterocycles. The van der Waals surface area contributed by atoms with E-state index in [2.05, 4.69) is 9.97 Å². The number of benzene rings is 4. The number of aromatic nitrogens is 2. The van der Waals surface area contributed by atoms with Gasteiger partial charge in [-0.05, 0) is 97.5 Å². The molecule has 8 N–H and O–H groups in total. The van der Waals surface area contributed by atoms with Gasteiger partial charge < -0.3 is 41.9 Å². The van der Waals surface area contributed by atoms with Gasteiger partial charge in [0.1, 0.15) is 35.2 Å². The van der Waals surface area contributed by atoms with E-state index < -0.39 is 0 Å². The normalized spacial score (nSPS) is 15.9. The van der Waals surface area contributed by atoms with Crippen molar-refractivity contribution >= 4 is 22.7 Å². The molecule has 2 aromatic heterocycles. The molecule has 8 rings (SSSR count). The van der Waals surface area contributed by atoms with Crippen molar-refractivity contribution in [1.82, 2.24) is 9.97 Å². The van der Waals surface area contributed by atoms with Crippen molar-refractivity contribution in [2.45, 2.75) is 37.9 Å². The highest BCUT2D eigenvalue weighted by Crippen LogP contribution is 2.40. The van der Waals surface area contributed by atoms with E-state index in [0.717, 1.165) is 82.3 Å². The molecule has 10 heteroatoms. The lowest BCUT2D eigenvalue weighted by Crippen LogP contribution is -2.16. The minimum Gasteiger partial charge on any atom is -0.485 e. The third-order valence-electron chi connectivity index (χ3n) is 8.60. The van der Waals surface area contributed by atoms with E-state index in [1.54, 1.807) is 36.7 Å². The molecule has 252 valence electrons. The fraction of sp³-hybridized carbons (Fsp3) is 0.150. The zero-order chi connectivity index (χ0) is 34.5. The molecule has 0 fully saturated rings. The Morgan fingerprint density at radius 2 is 0.960 bits per heavy atom. The van der Waals surface area contributed by atoms with Gasteiger partial charge in [-0.3, -0.25) is 0 Å². The lowest BCUT2D eigenvalue weighted by Gasteiger charge is -2.27. The molecule has 0 aliphatic carbocycles. The van der Waals surface area contributed by atoms with Gasteiger partial charge in [-0.1, -0.05) is 36.4 Å². The monoisotopic (exact) mass is 666 g/mol. The molecule has 0 spiro atoms. The van der Waals surface area contributed by atoms with Crippen molar-refractivity contribution in [2.24, 2.45) is 0 Å². The number of aryl methyl sites for hydroxylation is 2. The summed E-state index contributed by atoms with van der Waals surface area (Å²) in [5.41, 5.74) is 30.5. The summed E-state index contributed by atoms with van der Waals surface area (Å²) in [7, 11) is 0. The zero-order valence-electron chi connectivity index (χ0n) is 27.4. The largest absolute Gasteiger partial charge is 0.485 e. The first-order valence-electron chi connectivity index (χ1n) is 16.4. The minimum atomic E-state index is -0.0146. The molecule has 2 atom stereocenters. The van der Waals surface area contributed by atoms with Crippen LogP contribution in [0.15, 0.2) is 122 Å². The van der Waals surface area contributed by atoms with E-state index in [1.165, 1.54) is 0 Å². The second-order valence-corrected chi connectivity index (χ2v) is 12.2. The molecular weight excluding hydrogens is 628 g/mol. The van der Waals surface area contributed by atoms with Crippen LogP contribution < -0.4 is 41.9 Å². The number of hydrogen-bond donors (Lipinski definition) is 4. The average molecular weight is 667 g/mol. The highest BCUT2D eigenvalue weighted by Gasteiger charge is 2.24. The quantitative estimate of drug-likeness (QED) is 0.127. The molecule has 4 aromatic carbocycles. The summed E-state index contributed by atoms with van der Waals surface area (Å²) in [5, 5.41) is 0. The third kappa shape index (κ3) is 7.50. The number of nitrogens with two attached hydrogens (primary N) is 4. The molecule has 2 aliphatic heterocycles. The fourth-order valence-corrected chi connectivity index (χ4v) is 6.05. The van der Waals surface area contributed by atoms with Crippen molar-refractivity contribution in [1.29, 1.82) is 0 Å². The topological polar surface area (TPSA) is 167 Å². The number of fused-ring (bicyclic) bond motifs is 2. The summed E-state index contributed by atoms with van der Waals surface area (Å²) in [6.45, 7) is 0. The first-order chi connectivity index (χ1) is 24.4. The van der Waals surface area contributed by atoms with Crippen LogP contribution in [0.1, 0.15) is 47.3 Å². The van der Waals surface area contributed by atoms with Crippen molar-refractivity contribution in [3.63, 3.8) is 0 Å². The number of nitrogens with zero attached hydrogens (tertiary/aromatic N) is 2. The van der Waals surface area contributed by atoms with Crippen LogP contribution in [0.2, 0.25) is 0 Å². The smallest absolute Gasteiger partial charge is 0.219 e. The molecule has 50 heavy (non-hydrogen) atoms. The first kappa shape index (κ1) is 32.1. The molecular formula is C40H38N6O4. The Morgan fingerprint density at radius 3 is 1.36 bits per heavy atom. The maximum absolute atomic E-state index is 6.15. The van der Waals surface area contributed by atoms with E-state index in [1.807, 2.05) is 84.9 Å². The maximum Gasteiger partial charge on any atom is 0.219 e. The number of ether oxygens (including phenoxy) is 4. The highest BCUT2D eigenvalue weighted by atomic mass is 16.5. The Labute approximate surface area is 290 Å². The number of anilines is 4. The van der Waals surface area contributed by atoms with Gasteiger partial charge in [0.15, 0.2) is 0 Å². The molecule has 2 aliphatic rings. The van der Waals surface area contributed by atoms with Crippen LogP contribution in [0.5, 0.6) is 34.8 Å². The van der Waals surface area contributed by atoms with Crippen LogP contribution in [0, 0.1) is 0 Å². The average Bonchev–Trinajstić information content (AvgIpc) is 3.14. The predicted octanol–water partition coefficient (Wildman–Crippen LogP) is 8.21. The molecule has 2 unspecified atom stereocenters. The molecule has 0 bridgehead atoms. The number of pyridine rings is 2. The second-order valence-electron chi connectivity index (χ2n) is 12.2. The summed E-state index contributed by atoms with van der Waals surface area (Å²) in [5.74, 6) is 4.24. The Hall–Kier alpha value is -6.42. The first-order valence-corrected chi connectivity index (χ1v) is 16.4. The SMILES string of the molecule is Nc1ccc(Oc2ccc3c(c2)CCC(c2ccccc2N)O3)nc1.Nc1ccc(Oc2ccc3c(c2)CCC(c2ccccc2N)O3)nc1. The van der Waals surface area contributed by atoms with Crippen LogP contribution in [0.25, 0.3) is 0 Å². The van der Waals surface area contributed by atoms with Crippen molar-refractivity contribution in [3.8, 4) is 34.8 Å². The summed E-state index contributed by atoms with van der Waals surface area (Å²) in [4.78, 5) is 8.31. The van der Waals surface area contributed by atoms with Crippen LogP contribution in [0.3, 0.4) is 0 Å². The molecule has 0 saturated heterocycles. The number of hydrogen-bond acceptors (Lipinski definition) is 10. The van der Waals surface area contributed by atoms with E-state index in [9.17, 15) is 0 Å². The van der Waals surface area contributed by atoms with Crippen molar-refractivity contribution < 1.29 is 18.9 Å². The Morgan fingerprint density at radius 1 is 0.520 bits per heavy atom. The van der Waals surface area contributed by atoms with Crippen LogP contribution in [-0.4, -0.2) is 9.97 Å². The van der Waals surface area contributed by atoms with Gasteiger partial charge in [0.25, 0.3) is 0 Å². The summed E-state index contributed by atoms with van der Waals surface area (Å²) in [6.07, 6.45) is 6.69. The second kappa shape index (κ2) is 14.4. The molecule has 0 radical (unpaired) electrons. The number of nitrogen functional groups attached to an aromatic ring is 4. The Kier molecular flexibility index (Phi) is 9.24. The van der Waals surface area contributed by atoms with E-state index >= 15 is 0 Å². The standard InChI is InChI=1S/2C20H19N3O2/c2*21-14-6-10-20(23-12-14)24-15-7-9-18-13(11-15)5-8-19(25-18)16-3-1-2-4-17(16)22/h2*1-4,6-7,9-12,19H,5,8,21-22H2. The summed E-state index contributed by atoms with van der Waals surface area (Å²) >= 11 is 0. The Balaban J connectivity index is 0.000000157. The van der Waals surface area contributed by atoms with Crippen LogP contribution in [-0.2, 0) is 12.8 Å². The van der Waals surface area contributed by atoms with Crippen molar-refractivity contribution in [2.75, 3.05) is 22.9 Å².